The molecule has 19 heavy (non-hydrogen) atoms. The highest BCUT2D eigenvalue weighted by Gasteiger charge is 1.99. The lowest BCUT2D eigenvalue weighted by atomic mass is 10.2. The van der Waals surface area contributed by atoms with Crippen molar-refractivity contribution in [3.05, 3.63) is 59.6 Å². The third-order valence-corrected chi connectivity index (χ3v) is 2.44. The molecule has 0 saturated carbocycles. The summed E-state index contributed by atoms with van der Waals surface area (Å²) in [5, 5.41) is 11.4. The molecule has 0 saturated heterocycles. The minimum atomic E-state index is -0.251. The van der Waals surface area contributed by atoms with Crippen LogP contribution in [0.3, 0.4) is 0 Å². The fourth-order valence-corrected chi connectivity index (χ4v) is 1.51. The maximum absolute atomic E-state index is 11.6. The number of furan rings is 1. The van der Waals surface area contributed by atoms with Crippen LogP contribution < -0.4 is 5.32 Å². The molecule has 0 spiro atoms. The molecule has 1 N–H and O–H groups in total. The fraction of sp³-hybridized carbons (Fsp3) is 0.0667. The number of carbonyl (C=O) groups excluding carboxylic acids is 1. The van der Waals surface area contributed by atoms with Gasteiger partial charge in [-0.25, -0.2) is 0 Å². The molecule has 1 aromatic heterocycles. The van der Waals surface area contributed by atoms with Crippen molar-refractivity contribution in [2.24, 2.45) is 0 Å². The van der Waals surface area contributed by atoms with Gasteiger partial charge in [-0.15, -0.1) is 0 Å². The van der Waals surface area contributed by atoms with Crippen molar-refractivity contribution in [3.63, 3.8) is 0 Å². The Labute approximate surface area is 111 Å². The van der Waals surface area contributed by atoms with Gasteiger partial charge in [-0.05, 0) is 49.4 Å². The van der Waals surface area contributed by atoms with Gasteiger partial charge < -0.3 is 9.73 Å². The van der Waals surface area contributed by atoms with E-state index in [-0.39, 0.29) is 5.91 Å². The normalized spacial score (nSPS) is 10.3. The quantitative estimate of drug-likeness (QED) is 0.853. The van der Waals surface area contributed by atoms with Crippen LogP contribution in [0, 0.1) is 18.3 Å². The van der Waals surface area contributed by atoms with Crippen LogP contribution in [0.15, 0.2) is 46.9 Å². The third-order valence-electron chi connectivity index (χ3n) is 2.44. The van der Waals surface area contributed by atoms with E-state index in [2.05, 4.69) is 5.32 Å². The first kappa shape index (κ1) is 12.7. The van der Waals surface area contributed by atoms with Gasteiger partial charge in [-0.1, -0.05) is 0 Å². The minimum absolute atomic E-state index is 0.251. The number of carbonyl (C=O) groups is 1. The van der Waals surface area contributed by atoms with Crippen molar-refractivity contribution in [2.45, 2.75) is 6.92 Å². The zero-order chi connectivity index (χ0) is 13.7. The highest BCUT2D eigenvalue weighted by molar-refractivity contribution is 6.01. The molecule has 1 aromatic carbocycles. The van der Waals surface area contributed by atoms with E-state index in [0.717, 1.165) is 5.76 Å². The Morgan fingerprint density at radius 3 is 2.58 bits per heavy atom. The van der Waals surface area contributed by atoms with E-state index in [9.17, 15) is 4.79 Å². The highest BCUT2D eigenvalue weighted by atomic mass is 16.3. The Bertz CT molecular complexity index is 646. The zero-order valence-corrected chi connectivity index (χ0v) is 10.4. The molecule has 0 bridgehead atoms. The molecule has 1 amide bonds. The van der Waals surface area contributed by atoms with Crippen LogP contribution in [0.5, 0.6) is 0 Å². The molecule has 1 heterocycles. The topological polar surface area (TPSA) is 66.0 Å². The lowest BCUT2D eigenvalue weighted by Gasteiger charge is -2.01. The molecule has 0 unspecified atom stereocenters. The van der Waals surface area contributed by atoms with Crippen molar-refractivity contribution in [1.29, 1.82) is 5.26 Å². The van der Waals surface area contributed by atoms with Gasteiger partial charge in [0, 0.05) is 11.8 Å². The van der Waals surface area contributed by atoms with Crippen LogP contribution in [-0.4, -0.2) is 5.91 Å². The second-order valence-electron chi connectivity index (χ2n) is 3.96. The standard InChI is InChI=1S/C15H12N2O2/c1-11-2-7-14(19-11)8-9-15(18)17-13-5-3-12(10-16)4-6-13/h2-9H,1H3,(H,17,18). The maximum atomic E-state index is 11.6. The number of amides is 1. The third kappa shape index (κ3) is 3.58. The summed E-state index contributed by atoms with van der Waals surface area (Å²) in [6, 6.07) is 12.3. The molecule has 94 valence electrons. The Balaban J connectivity index is 1.97. The monoisotopic (exact) mass is 252 g/mol. The van der Waals surface area contributed by atoms with E-state index in [0.29, 0.717) is 17.0 Å². The Hall–Kier alpha value is -2.80. The van der Waals surface area contributed by atoms with Crippen molar-refractivity contribution in [1.82, 2.24) is 0 Å². The first-order valence-corrected chi connectivity index (χ1v) is 5.73. The molecule has 2 rings (SSSR count). The highest BCUT2D eigenvalue weighted by Crippen LogP contribution is 2.10. The van der Waals surface area contributed by atoms with Crippen LogP contribution in [0.1, 0.15) is 17.1 Å². The molecule has 0 radical (unpaired) electrons. The van der Waals surface area contributed by atoms with Crippen molar-refractivity contribution < 1.29 is 9.21 Å². The van der Waals surface area contributed by atoms with Crippen molar-refractivity contribution in [2.75, 3.05) is 5.32 Å². The number of rotatable bonds is 3. The zero-order valence-electron chi connectivity index (χ0n) is 10.4. The minimum Gasteiger partial charge on any atom is -0.462 e. The van der Waals surface area contributed by atoms with Gasteiger partial charge in [0.05, 0.1) is 11.6 Å². The molecule has 0 atom stereocenters. The number of nitrogens with zero attached hydrogens (tertiary/aromatic N) is 1. The average Bonchev–Trinajstić information content (AvgIpc) is 2.83. The van der Waals surface area contributed by atoms with Crippen LogP contribution in [0.2, 0.25) is 0 Å². The molecule has 2 aromatic rings. The second kappa shape index (κ2) is 5.69. The largest absolute Gasteiger partial charge is 0.462 e. The van der Waals surface area contributed by atoms with Gasteiger partial charge in [0.2, 0.25) is 5.91 Å². The lowest BCUT2D eigenvalue weighted by Crippen LogP contribution is -2.07. The maximum Gasteiger partial charge on any atom is 0.248 e. The Kier molecular flexibility index (Phi) is 3.79. The number of nitrogens with one attached hydrogen (secondary N) is 1. The number of benzene rings is 1. The summed E-state index contributed by atoms with van der Waals surface area (Å²) in [6.45, 7) is 1.84. The Morgan fingerprint density at radius 1 is 1.26 bits per heavy atom. The van der Waals surface area contributed by atoms with Crippen molar-refractivity contribution in [3.8, 4) is 6.07 Å². The predicted octanol–water partition coefficient (Wildman–Crippen LogP) is 3.11. The van der Waals surface area contributed by atoms with E-state index >= 15 is 0 Å². The second-order valence-corrected chi connectivity index (χ2v) is 3.96. The Morgan fingerprint density at radius 2 is 2.00 bits per heavy atom. The van der Waals surface area contributed by atoms with Gasteiger partial charge in [0.15, 0.2) is 0 Å². The molecule has 0 aliphatic rings. The lowest BCUT2D eigenvalue weighted by molar-refractivity contribution is -0.111. The van der Waals surface area contributed by atoms with Gasteiger partial charge >= 0.3 is 0 Å². The van der Waals surface area contributed by atoms with Crippen LogP contribution in [0.4, 0.5) is 5.69 Å². The van der Waals surface area contributed by atoms with Gasteiger partial charge in [0.1, 0.15) is 11.5 Å². The van der Waals surface area contributed by atoms with E-state index in [1.54, 1.807) is 36.4 Å². The first-order valence-electron chi connectivity index (χ1n) is 5.73. The molecule has 4 nitrogen and oxygen atoms in total. The number of nitriles is 1. The molecule has 0 aliphatic heterocycles. The number of hydrogen-bond donors (Lipinski definition) is 1. The summed E-state index contributed by atoms with van der Waals surface area (Å²) in [4.78, 5) is 11.6. The van der Waals surface area contributed by atoms with Crippen molar-refractivity contribution >= 4 is 17.7 Å². The van der Waals surface area contributed by atoms with Crippen LogP contribution >= 0.6 is 0 Å². The number of aryl methyl sites for hydroxylation is 1. The van der Waals surface area contributed by atoms with Crippen LogP contribution in [-0.2, 0) is 4.79 Å². The summed E-state index contributed by atoms with van der Waals surface area (Å²) in [6.07, 6.45) is 3.00. The molecular weight excluding hydrogens is 240 g/mol. The number of hydrogen-bond acceptors (Lipinski definition) is 3. The van der Waals surface area contributed by atoms with Gasteiger partial charge in [0.25, 0.3) is 0 Å². The summed E-state index contributed by atoms with van der Waals surface area (Å²) in [5.41, 5.74) is 1.20. The number of anilines is 1. The molecule has 0 fully saturated rings. The summed E-state index contributed by atoms with van der Waals surface area (Å²) in [7, 11) is 0. The van der Waals surface area contributed by atoms with E-state index in [4.69, 9.17) is 9.68 Å². The average molecular weight is 252 g/mol. The summed E-state index contributed by atoms with van der Waals surface area (Å²) in [5.74, 6) is 1.18. The smallest absolute Gasteiger partial charge is 0.248 e. The van der Waals surface area contributed by atoms with Crippen LogP contribution in [0.25, 0.3) is 6.08 Å². The van der Waals surface area contributed by atoms with Gasteiger partial charge in [-0.2, -0.15) is 5.26 Å². The van der Waals surface area contributed by atoms with E-state index in [1.165, 1.54) is 6.08 Å². The first-order chi connectivity index (χ1) is 9.17. The van der Waals surface area contributed by atoms with E-state index < -0.39 is 0 Å². The molecular formula is C15H12N2O2. The summed E-state index contributed by atoms with van der Waals surface area (Å²) < 4.78 is 5.31. The molecule has 4 heteroatoms. The molecule has 0 aliphatic carbocycles. The predicted molar refractivity (Wildman–Crippen MR) is 72.3 cm³/mol. The van der Waals surface area contributed by atoms with Gasteiger partial charge in [-0.3, -0.25) is 4.79 Å². The SMILES string of the molecule is Cc1ccc(C=CC(=O)Nc2ccc(C#N)cc2)o1. The van der Waals surface area contributed by atoms with E-state index in [1.807, 2.05) is 19.1 Å². The summed E-state index contributed by atoms with van der Waals surface area (Å²) >= 11 is 0. The fourth-order valence-electron chi connectivity index (χ4n) is 1.51.